The first-order valence-corrected chi connectivity index (χ1v) is 6.96. The highest BCUT2D eigenvalue weighted by Crippen LogP contribution is 2.29. The van der Waals surface area contributed by atoms with Crippen molar-refractivity contribution in [3.8, 4) is 0 Å². The minimum atomic E-state index is 0.126. The van der Waals surface area contributed by atoms with Gasteiger partial charge in [-0.3, -0.25) is 0 Å². The van der Waals surface area contributed by atoms with Gasteiger partial charge in [0.2, 0.25) is 0 Å². The molecule has 0 aromatic heterocycles. The fourth-order valence-electron chi connectivity index (χ4n) is 2.59. The predicted molar refractivity (Wildman–Crippen MR) is 75.9 cm³/mol. The normalized spacial score (nSPS) is 21.9. The summed E-state index contributed by atoms with van der Waals surface area (Å²) in [5.74, 6) is 0. The van der Waals surface area contributed by atoms with E-state index in [1.807, 2.05) is 0 Å². The average Bonchev–Trinajstić information content (AvgIpc) is 2.46. The number of ether oxygens (including phenoxy) is 1. The van der Waals surface area contributed by atoms with Crippen LogP contribution in [0.2, 0.25) is 0 Å². The molecule has 1 heterocycles. The lowest BCUT2D eigenvalue weighted by atomic mass is 10.0. The van der Waals surface area contributed by atoms with E-state index in [1.54, 1.807) is 0 Å². The molecule has 1 unspecified atom stereocenters. The van der Waals surface area contributed by atoms with Crippen LogP contribution in [0.4, 0.5) is 5.69 Å². The smallest absolute Gasteiger partial charge is 0.0670 e. The van der Waals surface area contributed by atoms with Crippen LogP contribution in [0.15, 0.2) is 24.3 Å². The van der Waals surface area contributed by atoms with Crippen molar-refractivity contribution < 1.29 is 4.74 Å². The van der Waals surface area contributed by atoms with E-state index in [0.29, 0.717) is 6.04 Å². The van der Waals surface area contributed by atoms with Gasteiger partial charge >= 0.3 is 0 Å². The van der Waals surface area contributed by atoms with E-state index in [2.05, 4.69) is 43.0 Å². The zero-order chi connectivity index (χ0) is 13.0. The highest BCUT2D eigenvalue weighted by atomic mass is 16.5. The molecule has 1 saturated heterocycles. The van der Waals surface area contributed by atoms with Gasteiger partial charge in [0.1, 0.15) is 0 Å². The molecular formula is C15H24N2O. The van der Waals surface area contributed by atoms with E-state index in [0.717, 1.165) is 32.6 Å². The van der Waals surface area contributed by atoms with E-state index < -0.39 is 0 Å². The first-order valence-electron chi connectivity index (χ1n) is 6.96. The first-order chi connectivity index (χ1) is 8.77. The molecule has 2 N–H and O–H groups in total. The van der Waals surface area contributed by atoms with Gasteiger partial charge in [0.15, 0.2) is 0 Å². The Labute approximate surface area is 110 Å². The number of nitrogens with two attached hydrogens (primary N) is 1. The Kier molecular flexibility index (Phi) is 4.61. The minimum Gasteiger partial charge on any atom is -0.377 e. The molecule has 3 heteroatoms. The molecule has 3 nitrogen and oxygen atoms in total. The molecule has 18 heavy (non-hydrogen) atoms. The van der Waals surface area contributed by atoms with Crippen molar-refractivity contribution in [3.63, 3.8) is 0 Å². The molecule has 2 atom stereocenters. The quantitative estimate of drug-likeness (QED) is 0.890. The van der Waals surface area contributed by atoms with E-state index >= 15 is 0 Å². The standard InChI is InChI=1S/C15H24N2O/c1-3-12-11-18-10-9-17(12)15-8-6-5-7-13(15)14(16)4-2/h5-8,12,14H,3-4,9-11,16H2,1-2H3/t12?,14-/m1/s1. The zero-order valence-electron chi connectivity index (χ0n) is 11.4. The SMILES string of the molecule is CCC1COCCN1c1ccccc1[C@H](N)CC. The summed E-state index contributed by atoms with van der Waals surface area (Å²) >= 11 is 0. The Hall–Kier alpha value is -1.06. The third kappa shape index (κ3) is 2.68. The molecule has 1 aromatic rings. The van der Waals surface area contributed by atoms with E-state index in [4.69, 9.17) is 10.5 Å². The second kappa shape index (κ2) is 6.21. The van der Waals surface area contributed by atoms with Gasteiger partial charge in [0, 0.05) is 18.3 Å². The minimum absolute atomic E-state index is 0.126. The Morgan fingerprint density at radius 2 is 2.17 bits per heavy atom. The molecule has 0 radical (unpaired) electrons. The molecule has 0 amide bonds. The van der Waals surface area contributed by atoms with Crippen LogP contribution in [0.3, 0.4) is 0 Å². The van der Waals surface area contributed by atoms with Crippen LogP contribution in [-0.2, 0) is 4.74 Å². The predicted octanol–water partition coefficient (Wildman–Crippen LogP) is 2.71. The van der Waals surface area contributed by atoms with E-state index in [1.165, 1.54) is 11.3 Å². The largest absolute Gasteiger partial charge is 0.377 e. The summed E-state index contributed by atoms with van der Waals surface area (Å²) in [5.41, 5.74) is 8.79. The van der Waals surface area contributed by atoms with Crippen molar-refractivity contribution in [3.05, 3.63) is 29.8 Å². The summed E-state index contributed by atoms with van der Waals surface area (Å²) in [6.07, 6.45) is 2.08. The number of hydrogen-bond acceptors (Lipinski definition) is 3. The van der Waals surface area contributed by atoms with Crippen LogP contribution in [0.25, 0.3) is 0 Å². The van der Waals surface area contributed by atoms with Gasteiger partial charge in [-0.25, -0.2) is 0 Å². The van der Waals surface area contributed by atoms with Crippen molar-refractivity contribution in [2.75, 3.05) is 24.7 Å². The summed E-state index contributed by atoms with van der Waals surface area (Å²) < 4.78 is 5.58. The summed E-state index contributed by atoms with van der Waals surface area (Å²) in [6, 6.07) is 9.13. The monoisotopic (exact) mass is 248 g/mol. The second-order valence-corrected chi connectivity index (χ2v) is 4.90. The molecule has 0 saturated carbocycles. The van der Waals surface area contributed by atoms with Crippen molar-refractivity contribution in [1.82, 2.24) is 0 Å². The number of para-hydroxylation sites is 1. The Morgan fingerprint density at radius 1 is 1.39 bits per heavy atom. The van der Waals surface area contributed by atoms with Gasteiger partial charge in [0.05, 0.1) is 19.3 Å². The lowest BCUT2D eigenvalue weighted by Crippen LogP contribution is -2.45. The van der Waals surface area contributed by atoms with Crippen LogP contribution >= 0.6 is 0 Å². The number of benzene rings is 1. The Morgan fingerprint density at radius 3 is 2.89 bits per heavy atom. The van der Waals surface area contributed by atoms with Crippen LogP contribution in [0.5, 0.6) is 0 Å². The number of morpholine rings is 1. The van der Waals surface area contributed by atoms with Gasteiger partial charge < -0.3 is 15.4 Å². The highest BCUT2D eigenvalue weighted by molar-refractivity contribution is 5.56. The topological polar surface area (TPSA) is 38.5 Å². The maximum atomic E-state index is 6.23. The number of nitrogens with zero attached hydrogens (tertiary/aromatic N) is 1. The molecule has 2 rings (SSSR count). The van der Waals surface area contributed by atoms with Crippen molar-refractivity contribution in [2.45, 2.75) is 38.8 Å². The summed E-state index contributed by atoms with van der Waals surface area (Å²) in [6.45, 7) is 6.96. The third-order valence-electron chi connectivity index (χ3n) is 3.78. The van der Waals surface area contributed by atoms with Gasteiger partial charge in [-0.15, -0.1) is 0 Å². The maximum Gasteiger partial charge on any atom is 0.0670 e. The zero-order valence-corrected chi connectivity index (χ0v) is 11.4. The van der Waals surface area contributed by atoms with Gasteiger partial charge in [-0.05, 0) is 24.5 Å². The van der Waals surface area contributed by atoms with Crippen LogP contribution in [0, 0.1) is 0 Å². The van der Waals surface area contributed by atoms with Crippen molar-refractivity contribution in [1.29, 1.82) is 0 Å². The summed E-state index contributed by atoms with van der Waals surface area (Å²) in [5, 5.41) is 0. The Bertz CT molecular complexity index is 381. The van der Waals surface area contributed by atoms with E-state index in [9.17, 15) is 0 Å². The fourth-order valence-corrected chi connectivity index (χ4v) is 2.59. The molecule has 0 aliphatic carbocycles. The Balaban J connectivity index is 2.30. The molecule has 1 aliphatic rings. The lowest BCUT2D eigenvalue weighted by Gasteiger charge is -2.38. The summed E-state index contributed by atoms with van der Waals surface area (Å²) in [7, 11) is 0. The second-order valence-electron chi connectivity index (χ2n) is 4.90. The van der Waals surface area contributed by atoms with Gasteiger partial charge in [-0.1, -0.05) is 32.0 Å². The van der Waals surface area contributed by atoms with Crippen LogP contribution in [-0.4, -0.2) is 25.8 Å². The molecule has 1 aliphatic heterocycles. The summed E-state index contributed by atoms with van der Waals surface area (Å²) in [4.78, 5) is 2.47. The van der Waals surface area contributed by atoms with Crippen molar-refractivity contribution >= 4 is 5.69 Å². The average molecular weight is 248 g/mol. The van der Waals surface area contributed by atoms with Crippen LogP contribution in [0.1, 0.15) is 38.3 Å². The maximum absolute atomic E-state index is 6.23. The molecule has 1 fully saturated rings. The number of anilines is 1. The molecule has 100 valence electrons. The lowest BCUT2D eigenvalue weighted by molar-refractivity contribution is 0.0928. The third-order valence-corrected chi connectivity index (χ3v) is 3.78. The molecule has 1 aromatic carbocycles. The van der Waals surface area contributed by atoms with E-state index in [-0.39, 0.29) is 6.04 Å². The van der Waals surface area contributed by atoms with Crippen molar-refractivity contribution in [2.24, 2.45) is 5.73 Å². The first kappa shape index (κ1) is 13.4. The molecule has 0 spiro atoms. The van der Waals surface area contributed by atoms with Gasteiger partial charge in [0.25, 0.3) is 0 Å². The van der Waals surface area contributed by atoms with Gasteiger partial charge in [-0.2, -0.15) is 0 Å². The number of hydrogen-bond donors (Lipinski definition) is 1. The highest BCUT2D eigenvalue weighted by Gasteiger charge is 2.24. The number of rotatable bonds is 4. The van der Waals surface area contributed by atoms with Crippen LogP contribution < -0.4 is 10.6 Å². The molecular weight excluding hydrogens is 224 g/mol. The fraction of sp³-hybridized carbons (Fsp3) is 0.600. The molecule has 0 bridgehead atoms.